The van der Waals surface area contributed by atoms with Crippen molar-refractivity contribution in [2.45, 2.75) is 6.42 Å². The van der Waals surface area contributed by atoms with Crippen LogP contribution in [0.3, 0.4) is 0 Å². The SMILES string of the molecule is CNCCCNC(=O)c1cc(N2CCNC2=O)ccc1Cl. The number of carbonyl (C=O) groups excluding carboxylic acids is 2. The molecule has 114 valence electrons. The summed E-state index contributed by atoms with van der Waals surface area (Å²) in [6.07, 6.45) is 0.841. The molecule has 1 fully saturated rings. The topological polar surface area (TPSA) is 73.5 Å². The summed E-state index contributed by atoms with van der Waals surface area (Å²) in [5.41, 5.74) is 1.06. The predicted octanol–water partition coefficient (Wildman–Crippen LogP) is 1.21. The van der Waals surface area contributed by atoms with Crippen LogP contribution in [0, 0.1) is 0 Å². The summed E-state index contributed by atoms with van der Waals surface area (Å²) >= 11 is 6.08. The lowest BCUT2D eigenvalue weighted by molar-refractivity contribution is 0.0953. The lowest BCUT2D eigenvalue weighted by atomic mass is 10.1. The molecular formula is C14H19ClN4O2. The molecule has 1 aliphatic heterocycles. The number of rotatable bonds is 6. The van der Waals surface area contributed by atoms with Gasteiger partial charge in [0.2, 0.25) is 0 Å². The van der Waals surface area contributed by atoms with Crippen LogP contribution in [0.5, 0.6) is 0 Å². The van der Waals surface area contributed by atoms with Crippen molar-refractivity contribution < 1.29 is 9.59 Å². The molecule has 1 saturated heterocycles. The molecule has 0 unspecified atom stereocenters. The molecule has 3 amide bonds. The normalized spacial score (nSPS) is 14.2. The van der Waals surface area contributed by atoms with Gasteiger partial charge in [-0.3, -0.25) is 9.69 Å². The predicted molar refractivity (Wildman–Crippen MR) is 83.1 cm³/mol. The number of benzene rings is 1. The standard InChI is InChI=1S/C14H19ClN4O2/c1-16-5-2-6-17-13(20)11-9-10(3-4-12(11)15)19-8-7-18-14(19)21/h3-4,9,16H,2,5-8H2,1H3,(H,17,20)(H,18,21). The fraction of sp³-hybridized carbons (Fsp3) is 0.429. The van der Waals surface area contributed by atoms with Crippen molar-refractivity contribution in [3.8, 4) is 0 Å². The number of anilines is 1. The van der Waals surface area contributed by atoms with E-state index in [1.165, 1.54) is 0 Å². The second-order valence-electron chi connectivity index (χ2n) is 4.76. The Balaban J connectivity index is 2.08. The number of hydrogen-bond acceptors (Lipinski definition) is 3. The largest absolute Gasteiger partial charge is 0.352 e. The number of halogens is 1. The van der Waals surface area contributed by atoms with E-state index in [1.54, 1.807) is 23.1 Å². The van der Waals surface area contributed by atoms with Gasteiger partial charge in [-0.2, -0.15) is 0 Å². The molecular weight excluding hydrogens is 292 g/mol. The fourth-order valence-corrected chi connectivity index (χ4v) is 2.34. The number of nitrogens with zero attached hydrogens (tertiary/aromatic N) is 1. The van der Waals surface area contributed by atoms with Crippen LogP contribution < -0.4 is 20.9 Å². The van der Waals surface area contributed by atoms with Crippen molar-refractivity contribution in [1.29, 1.82) is 0 Å². The van der Waals surface area contributed by atoms with Crippen molar-refractivity contribution in [3.63, 3.8) is 0 Å². The number of carbonyl (C=O) groups is 2. The van der Waals surface area contributed by atoms with Crippen molar-refractivity contribution in [1.82, 2.24) is 16.0 Å². The Hall–Kier alpha value is -1.79. The van der Waals surface area contributed by atoms with Gasteiger partial charge in [0.15, 0.2) is 0 Å². The van der Waals surface area contributed by atoms with Gasteiger partial charge in [0.25, 0.3) is 5.91 Å². The van der Waals surface area contributed by atoms with Crippen molar-refractivity contribution in [2.24, 2.45) is 0 Å². The number of amides is 3. The van der Waals surface area contributed by atoms with E-state index in [0.717, 1.165) is 13.0 Å². The van der Waals surface area contributed by atoms with E-state index >= 15 is 0 Å². The van der Waals surface area contributed by atoms with Crippen LogP contribution in [0.25, 0.3) is 0 Å². The van der Waals surface area contributed by atoms with E-state index in [9.17, 15) is 9.59 Å². The zero-order chi connectivity index (χ0) is 15.2. The van der Waals surface area contributed by atoms with E-state index in [-0.39, 0.29) is 11.9 Å². The quantitative estimate of drug-likeness (QED) is 0.692. The maximum atomic E-state index is 12.1. The summed E-state index contributed by atoms with van der Waals surface area (Å²) in [5.74, 6) is -0.224. The average molecular weight is 311 g/mol. The Morgan fingerprint density at radius 3 is 2.90 bits per heavy atom. The average Bonchev–Trinajstić information content (AvgIpc) is 2.90. The van der Waals surface area contributed by atoms with E-state index in [0.29, 0.717) is 35.9 Å². The maximum absolute atomic E-state index is 12.1. The van der Waals surface area contributed by atoms with Gasteiger partial charge < -0.3 is 16.0 Å². The third kappa shape index (κ3) is 3.86. The van der Waals surface area contributed by atoms with Gasteiger partial charge in [0, 0.05) is 25.3 Å². The second-order valence-corrected chi connectivity index (χ2v) is 5.17. The van der Waals surface area contributed by atoms with Crippen molar-refractivity contribution >= 4 is 29.2 Å². The Morgan fingerprint density at radius 2 is 2.24 bits per heavy atom. The first-order valence-corrected chi connectivity index (χ1v) is 7.29. The molecule has 1 heterocycles. The molecule has 7 heteroatoms. The summed E-state index contributed by atoms with van der Waals surface area (Å²) in [6, 6.07) is 4.88. The first-order chi connectivity index (χ1) is 10.1. The molecule has 1 aromatic carbocycles. The molecule has 0 aliphatic carbocycles. The van der Waals surface area contributed by atoms with Gasteiger partial charge in [0.05, 0.1) is 10.6 Å². The van der Waals surface area contributed by atoms with Gasteiger partial charge in [-0.1, -0.05) is 11.6 Å². The van der Waals surface area contributed by atoms with Gasteiger partial charge in [-0.15, -0.1) is 0 Å². The third-order valence-electron chi connectivity index (χ3n) is 3.25. The Kier molecular flexibility index (Phi) is 5.41. The molecule has 0 radical (unpaired) electrons. The van der Waals surface area contributed by atoms with E-state index in [2.05, 4.69) is 16.0 Å². The Labute approximate surface area is 128 Å². The summed E-state index contributed by atoms with van der Waals surface area (Å²) in [6.45, 7) is 2.60. The molecule has 21 heavy (non-hydrogen) atoms. The Morgan fingerprint density at radius 1 is 1.43 bits per heavy atom. The van der Waals surface area contributed by atoms with Crippen LogP contribution >= 0.6 is 11.6 Å². The number of nitrogens with one attached hydrogen (secondary N) is 3. The zero-order valence-electron chi connectivity index (χ0n) is 11.9. The molecule has 6 nitrogen and oxygen atoms in total. The van der Waals surface area contributed by atoms with Crippen LogP contribution in [-0.2, 0) is 0 Å². The lowest BCUT2D eigenvalue weighted by Crippen LogP contribution is -2.29. The van der Waals surface area contributed by atoms with E-state index < -0.39 is 0 Å². The van der Waals surface area contributed by atoms with Gasteiger partial charge in [-0.05, 0) is 38.2 Å². The van der Waals surface area contributed by atoms with E-state index in [4.69, 9.17) is 11.6 Å². The molecule has 2 rings (SSSR count). The van der Waals surface area contributed by atoms with Crippen LogP contribution in [0.15, 0.2) is 18.2 Å². The second kappa shape index (κ2) is 7.28. The molecule has 0 aromatic heterocycles. The van der Waals surface area contributed by atoms with Crippen molar-refractivity contribution in [2.75, 3.05) is 38.1 Å². The minimum absolute atomic E-state index is 0.155. The zero-order valence-corrected chi connectivity index (χ0v) is 12.7. The minimum atomic E-state index is -0.224. The molecule has 1 aromatic rings. The minimum Gasteiger partial charge on any atom is -0.352 e. The summed E-state index contributed by atoms with van der Waals surface area (Å²) in [5, 5.41) is 8.94. The van der Waals surface area contributed by atoms with Gasteiger partial charge in [0.1, 0.15) is 0 Å². The third-order valence-corrected chi connectivity index (χ3v) is 3.58. The Bertz CT molecular complexity index is 536. The van der Waals surface area contributed by atoms with Gasteiger partial charge >= 0.3 is 6.03 Å². The number of hydrogen-bond donors (Lipinski definition) is 3. The van der Waals surface area contributed by atoms with Crippen LogP contribution in [0.2, 0.25) is 5.02 Å². The van der Waals surface area contributed by atoms with E-state index in [1.807, 2.05) is 7.05 Å². The van der Waals surface area contributed by atoms with Crippen LogP contribution in [0.1, 0.15) is 16.8 Å². The monoisotopic (exact) mass is 310 g/mol. The highest BCUT2D eigenvalue weighted by atomic mass is 35.5. The lowest BCUT2D eigenvalue weighted by Gasteiger charge is -2.16. The molecule has 0 spiro atoms. The highest BCUT2D eigenvalue weighted by molar-refractivity contribution is 6.34. The highest BCUT2D eigenvalue weighted by Gasteiger charge is 2.22. The number of urea groups is 1. The summed E-state index contributed by atoms with van der Waals surface area (Å²) < 4.78 is 0. The summed E-state index contributed by atoms with van der Waals surface area (Å²) in [4.78, 5) is 25.4. The smallest absolute Gasteiger partial charge is 0.321 e. The molecule has 0 bridgehead atoms. The van der Waals surface area contributed by atoms with Crippen LogP contribution in [0.4, 0.5) is 10.5 Å². The molecule has 3 N–H and O–H groups in total. The molecule has 0 saturated carbocycles. The fourth-order valence-electron chi connectivity index (χ4n) is 2.14. The first-order valence-electron chi connectivity index (χ1n) is 6.91. The first kappa shape index (κ1) is 15.6. The maximum Gasteiger partial charge on any atom is 0.321 e. The molecule has 1 aliphatic rings. The van der Waals surface area contributed by atoms with Gasteiger partial charge in [-0.25, -0.2) is 4.79 Å². The molecule has 0 atom stereocenters. The van der Waals surface area contributed by atoms with Crippen molar-refractivity contribution in [3.05, 3.63) is 28.8 Å². The highest BCUT2D eigenvalue weighted by Crippen LogP contribution is 2.24. The summed E-state index contributed by atoms with van der Waals surface area (Å²) in [7, 11) is 1.86. The van der Waals surface area contributed by atoms with Crippen LogP contribution in [-0.4, -0.2) is 45.2 Å².